The van der Waals surface area contributed by atoms with Crippen LogP contribution in [0, 0.1) is 5.92 Å². The molecule has 0 spiro atoms. The second-order valence-electron chi connectivity index (χ2n) is 7.00. The van der Waals surface area contributed by atoms with E-state index in [0.29, 0.717) is 5.92 Å². The molecule has 1 aromatic heterocycles. The maximum absolute atomic E-state index is 11.9. The Morgan fingerprint density at radius 3 is 2.70 bits per heavy atom. The van der Waals surface area contributed by atoms with Gasteiger partial charge in [0, 0.05) is 37.4 Å². The minimum Gasteiger partial charge on any atom is -0.444 e. The zero-order valence-electron chi connectivity index (χ0n) is 12.5. The Hall–Kier alpha value is -1.52. The molecule has 3 rings (SSSR count). The normalized spacial score (nSPS) is 19.9. The number of nitrogens with zero attached hydrogens (tertiary/aromatic N) is 3. The van der Waals surface area contributed by atoms with E-state index in [1.54, 1.807) is 4.90 Å². The topological polar surface area (TPSA) is 47.4 Å². The van der Waals surface area contributed by atoms with Crippen molar-refractivity contribution in [3.63, 3.8) is 0 Å². The molecule has 1 saturated heterocycles. The molecule has 110 valence electrons. The van der Waals surface area contributed by atoms with E-state index in [-0.39, 0.29) is 6.09 Å². The third-order valence-corrected chi connectivity index (χ3v) is 3.85. The van der Waals surface area contributed by atoms with Crippen LogP contribution in [0.5, 0.6) is 0 Å². The molecule has 0 aromatic carbocycles. The molecule has 1 aliphatic carbocycles. The summed E-state index contributed by atoms with van der Waals surface area (Å²) in [5.74, 6) is 1.24. The number of carbonyl (C=O) groups is 1. The van der Waals surface area contributed by atoms with Gasteiger partial charge in [-0.1, -0.05) is 0 Å². The first-order chi connectivity index (χ1) is 9.42. The van der Waals surface area contributed by atoms with E-state index in [0.717, 1.165) is 25.6 Å². The summed E-state index contributed by atoms with van der Waals surface area (Å²) in [5.41, 5.74) is 0.840. The van der Waals surface area contributed by atoms with Gasteiger partial charge in [-0.2, -0.15) is 0 Å². The second-order valence-corrected chi connectivity index (χ2v) is 7.00. The summed E-state index contributed by atoms with van der Waals surface area (Å²) in [6, 6.07) is 0. The van der Waals surface area contributed by atoms with Crippen molar-refractivity contribution in [2.45, 2.75) is 51.7 Å². The van der Waals surface area contributed by atoms with E-state index in [1.807, 2.05) is 33.3 Å². The number of amides is 1. The van der Waals surface area contributed by atoms with Crippen LogP contribution in [-0.2, 0) is 11.3 Å². The number of carbonyl (C=O) groups excluding carboxylic acids is 1. The predicted octanol–water partition coefficient (Wildman–Crippen LogP) is 2.63. The maximum atomic E-state index is 11.9. The maximum Gasteiger partial charge on any atom is 0.410 e. The number of likely N-dealkylation sites (tertiary alicyclic amines) is 1. The quantitative estimate of drug-likeness (QED) is 0.853. The molecule has 1 aromatic rings. The Kier molecular flexibility index (Phi) is 3.22. The molecule has 1 saturated carbocycles. The van der Waals surface area contributed by atoms with Crippen LogP contribution in [-0.4, -0.2) is 39.2 Å². The molecule has 0 bridgehead atoms. The fourth-order valence-electron chi connectivity index (χ4n) is 2.54. The molecule has 2 aliphatic rings. The van der Waals surface area contributed by atoms with Gasteiger partial charge in [0.15, 0.2) is 0 Å². The standard InChI is InChI=1S/C15H23N3O2/c1-15(2,3)20-14(19)17-8-12(9-17)13-6-16-10-18(13)7-11-4-5-11/h6,10-12H,4-5,7-9H2,1-3H3. The highest BCUT2D eigenvalue weighted by Crippen LogP contribution is 2.33. The van der Waals surface area contributed by atoms with Crippen LogP contribution in [0.25, 0.3) is 0 Å². The van der Waals surface area contributed by atoms with Crippen molar-refractivity contribution in [1.82, 2.24) is 14.5 Å². The Labute approximate surface area is 119 Å². The van der Waals surface area contributed by atoms with Gasteiger partial charge in [-0.3, -0.25) is 0 Å². The van der Waals surface area contributed by atoms with Crippen molar-refractivity contribution in [1.29, 1.82) is 0 Å². The summed E-state index contributed by atoms with van der Waals surface area (Å²) < 4.78 is 7.64. The minimum absolute atomic E-state index is 0.206. The van der Waals surface area contributed by atoms with Crippen LogP contribution < -0.4 is 0 Å². The molecule has 0 radical (unpaired) electrons. The van der Waals surface area contributed by atoms with Crippen LogP contribution in [0.15, 0.2) is 12.5 Å². The summed E-state index contributed by atoms with van der Waals surface area (Å²) in [6.45, 7) is 8.25. The van der Waals surface area contributed by atoms with Gasteiger partial charge >= 0.3 is 6.09 Å². The average molecular weight is 277 g/mol. The first-order valence-corrected chi connectivity index (χ1v) is 7.40. The fourth-order valence-corrected chi connectivity index (χ4v) is 2.54. The highest BCUT2D eigenvalue weighted by atomic mass is 16.6. The third kappa shape index (κ3) is 2.97. The third-order valence-electron chi connectivity index (χ3n) is 3.85. The Morgan fingerprint density at radius 1 is 1.40 bits per heavy atom. The molecule has 5 nitrogen and oxygen atoms in total. The van der Waals surface area contributed by atoms with Crippen molar-refractivity contribution in [2.75, 3.05) is 13.1 Å². The molecule has 0 unspecified atom stereocenters. The second kappa shape index (κ2) is 4.79. The van der Waals surface area contributed by atoms with Crippen LogP contribution in [0.1, 0.15) is 45.2 Å². The van der Waals surface area contributed by atoms with Crippen LogP contribution in [0.4, 0.5) is 4.79 Å². The molecular weight excluding hydrogens is 254 g/mol. The molecule has 1 amide bonds. The van der Waals surface area contributed by atoms with E-state index in [1.165, 1.54) is 18.5 Å². The fraction of sp³-hybridized carbons (Fsp3) is 0.733. The van der Waals surface area contributed by atoms with E-state index >= 15 is 0 Å². The summed E-state index contributed by atoms with van der Waals surface area (Å²) in [7, 11) is 0. The lowest BCUT2D eigenvalue weighted by molar-refractivity contribution is 0.00756. The largest absolute Gasteiger partial charge is 0.444 e. The number of hydrogen-bond acceptors (Lipinski definition) is 3. The zero-order chi connectivity index (χ0) is 14.3. The molecule has 2 fully saturated rings. The molecule has 2 heterocycles. The summed E-state index contributed by atoms with van der Waals surface area (Å²) in [6.07, 6.45) is 6.34. The highest BCUT2D eigenvalue weighted by molar-refractivity contribution is 5.69. The molecule has 0 atom stereocenters. The monoisotopic (exact) mass is 277 g/mol. The molecular formula is C15H23N3O2. The minimum atomic E-state index is -0.421. The van der Waals surface area contributed by atoms with Crippen LogP contribution >= 0.6 is 0 Å². The van der Waals surface area contributed by atoms with Crippen molar-refractivity contribution in [3.8, 4) is 0 Å². The lowest BCUT2D eigenvalue weighted by atomic mass is 9.97. The van der Waals surface area contributed by atoms with Gasteiger partial charge in [0.2, 0.25) is 0 Å². The summed E-state index contributed by atoms with van der Waals surface area (Å²) in [5, 5.41) is 0. The van der Waals surface area contributed by atoms with Crippen LogP contribution in [0.2, 0.25) is 0 Å². The first kappa shape index (κ1) is 13.5. The molecule has 5 heteroatoms. The molecule has 0 N–H and O–H groups in total. The van der Waals surface area contributed by atoms with Crippen LogP contribution in [0.3, 0.4) is 0 Å². The average Bonchev–Trinajstić information content (AvgIpc) is 2.94. The molecule has 1 aliphatic heterocycles. The lowest BCUT2D eigenvalue weighted by Gasteiger charge is -2.40. The lowest BCUT2D eigenvalue weighted by Crippen LogP contribution is -2.50. The van der Waals surface area contributed by atoms with Gasteiger partial charge in [-0.25, -0.2) is 9.78 Å². The van der Waals surface area contributed by atoms with Gasteiger partial charge < -0.3 is 14.2 Å². The van der Waals surface area contributed by atoms with E-state index in [9.17, 15) is 4.79 Å². The summed E-state index contributed by atoms with van der Waals surface area (Å²) >= 11 is 0. The van der Waals surface area contributed by atoms with Crippen molar-refractivity contribution >= 4 is 6.09 Å². The van der Waals surface area contributed by atoms with Crippen molar-refractivity contribution in [2.24, 2.45) is 5.92 Å². The van der Waals surface area contributed by atoms with Gasteiger partial charge in [-0.05, 0) is 39.5 Å². The van der Waals surface area contributed by atoms with E-state index < -0.39 is 5.60 Å². The number of hydrogen-bond donors (Lipinski definition) is 0. The smallest absolute Gasteiger partial charge is 0.410 e. The van der Waals surface area contributed by atoms with Crippen molar-refractivity contribution < 1.29 is 9.53 Å². The Bertz CT molecular complexity index is 493. The number of imidazole rings is 1. The predicted molar refractivity (Wildman–Crippen MR) is 75.5 cm³/mol. The highest BCUT2D eigenvalue weighted by Gasteiger charge is 2.36. The molecule has 20 heavy (non-hydrogen) atoms. The van der Waals surface area contributed by atoms with Gasteiger partial charge in [-0.15, -0.1) is 0 Å². The van der Waals surface area contributed by atoms with Gasteiger partial charge in [0.1, 0.15) is 5.60 Å². The number of ether oxygens (including phenoxy) is 1. The first-order valence-electron chi connectivity index (χ1n) is 7.40. The number of aromatic nitrogens is 2. The Balaban J connectivity index is 1.55. The van der Waals surface area contributed by atoms with Gasteiger partial charge in [0.25, 0.3) is 0 Å². The number of rotatable bonds is 3. The van der Waals surface area contributed by atoms with E-state index in [2.05, 4.69) is 9.55 Å². The van der Waals surface area contributed by atoms with E-state index in [4.69, 9.17) is 4.74 Å². The van der Waals surface area contributed by atoms with Gasteiger partial charge in [0.05, 0.1) is 6.33 Å². The summed E-state index contributed by atoms with van der Waals surface area (Å²) in [4.78, 5) is 17.9. The van der Waals surface area contributed by atoms with Crippen molar-refractivity contribution in [3.05, 3.63) is 18.2 Å². The Morgan fingerprint density at radius 2 is 2.10 bits per heavy atom. The zero-order valence-corrected chi connectivity index (χ0v) is 12.5. The SMILES string of the molecule is CC(C)(C)OC(=O)N1CC(c2cncn2CC2CC2)C1.